The number of halogens is 2. The number of rotatable bonds is 11. The molecule has 0 aliphatic heterocycles. The van der Waals surface area contributed by atoms with Gasteiger partial charge < -0.3 is 5.32 Å². The largest absolute Gasteiger partial charge is 0.313 e. The lowest BCUT2D eigenvalue weighted by molar-refractivity contribution is 0.494. The highest BCUT2D eigenvalue weighted by atomic mass is 79.9. The maximum absolute atomic E-state index is 6.14. The van der Waals surface area contributed by atoms with Crippen molar-refractivity contribution in [2.75, 3.05) is 7.05 Å². The van der Waals surface area contributed by atoms with Crippen molar-refractivity contribution in [1.82, 2.24) is 5.32 Å². The summed E-state index contributed by atoms with van der Waals surface area (Å²) in [6.07, 6.45) is 12.1. The molecule has 0 heterocycles. The fraction of sp³-hybridized carbons (Fsp3) is 0.667. The van der Waals surface area contributed by atoms with Gasteiger partial charge in [0.2, 0.25) is 0 Å². The smallest absolute Gasteiger partial charge is 0.0420 e. The second-order valence-electron chi connectivity index (χ2n) is 5.81. The molecular weight excluding hydrogens is 346 g/mol. The second-order valence-corrected chi connectivity index (χ2v) is 7.16. The summed E-state index contributed by atoms with van der Waals surface area (Å²) in [5, 5.41) is 4.21. The first-order valence-electron chi connectivity index (χ1n) is 8.30. The zero-order valence-corrected chi connectivity index (χ0v) is 15.8. The molecule has 0 amide bonds. The highest BCUT2D eigenvalue weighted by molar-refractivity contribution is 9.10. The molecule has 1 aromatic carbocycles. The molecule has 120 valence electrons. The fourth-order valence-electron chi connectivity index (χ4n) is 2.74. The highest BCUT2D eigenvalue weighted by Crippen LogP contribution is 2.26. The zero-order valence-electron chi connectivity index (χ0n) is 13.4. The standard InChI is InChI=1S/C18H29BrClN/c1-3-4-5-6-7-8-9-10-11-18(21-2)15-12-16(19)14-17(20)13-15/h12-14,18,21H,3-11H2,1-2H3. The average molecular weight is 375 g/mol. The minimum Gasteiger partial charge on any atom is -0.313 e. The van der Waals surface area contributed by atoms with Crippen LogP contribution in [-0.4, -0.2) is 7.05 Å². The summed E-state index contributed by atoms with van der Waals surface area (Å²) in [7, 11) is 2.03. The molecule has 0 radical (unpaired) electrons. The van der Waals surface area contributed by atoms with E-state index in [0.29, 0.717) is 6.04 Å². The summed E-state index contributed by atoms with van der Waals surface area (Å²) in [5.41, 5.74) is 1.28. The number of hydrogen-bond acceptors (Lipinski definition) is 1. The van der Waals surface area contributed by atoms with E-state index < -0.39 is 0 Å². The van der Waals surface area contributed by atoms with Crippen LogP contribution in [0.1, 0.15) is 76.3 Å². The number of unbranched alkanes of at least 4 members (excludes halogenated alkanes) is 7. The Balaban J connectivity index is 2.25. The Kier molecular flexibility index (Phi) is 10.4. The lowest BCUT2D eigenvalue weighted by Gasteiger charge is -2.17. The monoisotopic (exact) mass is 373 g/mol. The summed E-state index contributed by atoms with van der Waals surface area (Å²) in [4.78, 5) is 0. The Morgan fingerprint density at radius 3 is 2.19 bits per heavy atom. The third-order valence-electron chi connectivity index (χ3n) is 3.98. The second kappa shape index (κ2) is 11.5. The van der Waals surface area contributed by atoms with E-state index in [4.69, 9.17) is 11.6 Å². The van der Waals surface area contributed by atoms with Crippen LogP contribution < -0.4 is 5.32 Å². The van der Waals surface area contributed by atoms with E-state index in [-0.39, 0.29) is 0 Å². The van der Waals surface area contributed by atoms with E-state index >= 15 is 0 Å². The van der Waals surface area contributed by atoms with Gasteiger partial charge in [-0.1, -0.05) is 85.8 Å². The van der Waals surface area contributed by atoms with Gasteiger partial charge in [-0.25, -0.2) is 0 Å². The first-order chi connectivity index (χ1) is 10.2. The van der Waals surface area contributed by atoms with Crippen LogP contribution in [0.15, 0.2) is 22.7 Å². The fourth-order valence-corrected chi connectivity index (χ4v) is 3.62. The van der Waals surface area contributed by atoms with Gasteiger partial charge in [0, 0.05) is 15.5 Å². The first-order valence-corrected chi connectivity index (χ1v) is 9.47. The number of nitrogens with one attached hydrogen (secondary N) is 1. The summed E-state index contributed by atoms with van der Waals surface area (Å²) >= 11 is 9.66. The molecule has 0 aromatic heterocycles. The Hall–Kier alpha value is -0.0500. The summed E-state index contributed by atoms with van der Waals surface area (Å²) in [5.74, 6) is 0. The van der Waals surface area contributed by atoms with Gasteiger partial charge in [0.15, 0.2) is 0 Å². The zero-order chi connectivity index (χ0) is 15.5. The van der Waals surface area contributed by atoms with Crippen LogP contribution in [0.4, 0.5) is 0 Å². The van der Waals surface area contributed by atoms with Crippen LogP contribution in [-0.2, 0) is 0 Å². The molecule has 0 aliphatic rings. The van der Waals surface area contributed by atoms with Crippen LogP contribution in [0.25, 0.3) is 0 Å². The molecular formula is C18H29BrClN. The molecule has 0 bridgehead atoms. The van der Waals surface area contributed by atoms with Gasteiger partial charge in [-0.2, -0.15) is 0 Å². The van der Waals surface area contributed by atoms with Crippen molar-refractivity contribution in [1.29, 1.82) is 0 Å². The van der Waals surface area contributed by atoms with E-state index in [1.165, 1.54) is 63.4 Å². The number of hydrogen-bond donors (Lipinski definition) is 1. The van der Waals surface area contributed by atoms with E-state index in [2.05, 4.69) is 40.3 Å². The van der Waals surface area contributed by atoms with Crippen LogP contribution in [0.2, 0.25) is 5.02 Å². The summed E-state index contributed by atoms with van der Waals surface area (Å²) in [6.45, 7) is 2.27. The Morgan fingerprint density at radius 1 is 1.00 bits per heavy atom. The van der Waals surface area contributed by atoms with Crippen molar-refractivity contribution >= 4 is 27.5 Å². The first kappa shape index (κ1) is 19.0. The molecule has 0 fully saturated rings. The molecule has 1 unspecified atom stereocenters. The number of benzene rings is 1. The Bertz CT molecular complexity index is 375. The van der Waals surface area contributed by atoms with Gasteiger partial charge in [-0.15, -0.1) is 0 Å². The maximum atomic E-state index is 6.14. The molecule has 0 spiro atoms. The van der Waals surface area contributed by atoms with Gasteiger partial charge in [0.1, 0.15) is 0 Å². The van der Waals surface area contributed by atoms with Crippen LogP contribution >= 0.6 is 27.5 Å². The van der Waals surface area contributed by atoms with Crippen molar-refractivity contribution in [2.24, 2.45) is 0 Å². The SMILES string of the molecule is CCCCCCCCCCC(NC)c1cc(Cl)cc(Br)c1. The van der Waals surface area contributed by atoms with Crippen molar-refractivity contribution in [3.63, 3.8) is 0 Å². The van der Waals surface area contributed by atoms with Crippen molar-refractivity contribution in [2.45, 2.75) is 70.8 Å². The Labute approximate surface area is 144 Å². The maximum Gasteiger partial charge on any atom is 0.0420 e. The minimum atomic E-state index is 0.403. The van der Waals surface area contributed by atoms with E-state index in [1.54, 1.807) is 0 Å². The van der Waals surface area contributed by atoms with Gasteiger partial charge in [0.25, 0.3) is 0 Å². The van der Waals surface area contributed by atoms with Crippen molar-refractivity contribution in [3.8, 4) is 0 Å². The molecule has 3 heteroatoms. The van der Waals surface area contributed by atoms with Crippen molar-refractivity contribution < 1.29 is 0 Å². The molecule has 1 N–H and O–H groups in total. The van der Waals surface area contributed by atoms with Gasteiger partial charge in [0.05, 0.1) is 0 Å². The lowest BCUT2D eigenvalue weighted by Crippen LogP contribution is -2.16. The molecule has 1 nitrogen and oxygen atoms in total. The lowest BCUT2D eigenvalue weighted by atomic mass is 9.99. The molecule has 0 saturated carbocycles. The normalized spacial score (nSPS) is 12.6. The third-order valence-corrected chi connectivity index (χ3v) is 4.66. The van der Waals surface area contributed by atoms with Gasteiger partial charge >= 0.3 is 0 Å². The molecule has 0 aliphatic carbocycles. The minimum absolute atomic E-state index is 0.403. The Morgan fingerprint density at radius 2 is 1.62 bits per heavy atom. The molecule has 21 heavy (non-hydrogen) atoms. The topological polar surface area (TPSA) is 12.0 Å². The van der Waals surface area contributed by atoms with E-state index in [1.807, 2.05) is 13.1 Å². The molecule has 1 atom stereocenters. The molecule has 1 rings (SSSR count). The van der Waals surface area contributed by atoms with Gasteiger partial charge in [-0.3, -0.25) is 0 Å². The molecule has 0 saturated heterocycles. The summed E-state index contributed by atoms with van der Waals surface area (Å²) in [6, 6.07) is 6.57. The predicted molar refractivity (Wildman–Crippen MR) is 98.2 cm³/mol. The van der Waals surface area contributed by atoms with E-state index in [9.17, 15) is 0 Å². The van der Waals surface area contributed by atoms with Crippen molar-refractivity contribution in [3.05, 3.63) is 33.3 Å². The van der Waals surface area contributed by atoms with Crippen LogP contribution in [0.5, 0.6) is 0 Å². The predicted octanol–water partition coefficient (Wildman–Crippen LogP) is 6.89. The van der Waals surface area contributed by atoms with Gasteiger partial charge in [-0.05, 0) is 37.2 Å². The van der Waals surface area contributed by atoms with E-state index in [0.717, 1.165) is 9.50 Å². The third kappa shape index (κ3) is 8.23. The quantitative estimate of drug-likeness (QED) is 0.416. The highest BCUT2D eigenvalue weighted by Gasteiger charge is 2.10. The molecule has 1 aromatic rings. The average Bonchev–Trinajstić information content (AvgIpc) is 2.44. The van der Waals surface area contributed by atoms with Crippen LogP contribution in [0, 0.1) is 0 Å². The van der Waals surface area contributed by atoms with Crippen LogP contribution in [0.3, 0.4) is 0 Å². The summed E-state index contributed by atoms with van der Waals surface area (Å²) < 4.78 is 1.06.